The Morgan fingerprint density at radius 1 is 0.971 bits per heavy atom. The van der Waals surface area contributed by atoms with Crippen molar-refractivity contribution >= 4 is 15.7 Å². The van der Waals surface area contributed by atoms with Gasteiger partial charge in [0.05, 0.1) is 18.5 Å². The lowest BCUT2D eigenvalue weighted by atomic mass is 9.82. The van der Waals surface area contributed by atoms with Crippen LogP contribution in [0.3, 0.4) is 0 Å². The van der Waals surface area contributed by atoms with Crippen LogP contribution < -0.4 is 19.1 Å². The summed E-state index contributed by atoms with van der Waals surface area (Å²) < 4.78 is 38.1. The molecule has 0 bridgehead atoms. The van der Waals surface area contributed by atoms with E-state index in [0.717, 1.165) is 61.5 Å². The second-order valence-electron chi connectivity index (χ2n) is 9.33. The Kier molecular flexibility index (Phi) is 6.97. The van der Waals surface area contributed by atoms with Crippen LogP contribution in [0.25, 0.3) is 0 Å². The van der Waals surface area contributed by atoms with Gasteiger partial charge in [-0.1, -0.05) is 48.5 Å². The van der Waals surface area contributed by atoms with Crippen molar-refractivity contribution in [3.8, 4) is 11.5 Å². The molecular weight excluding hydrogens is 460 g/mol. The standard InChI is InChI=1S/C28H32N2O4S/c1-35(31,32)30(19-22-7-3-2-4-8-22)26-12-6-10-24-23(9-5-11-25(24)26)18-29-16-15-21-13-14-27-28(17-21)34-20-33-27/h2-4,6-8,10,12-14,17,23,29H,5,9,11,15-16,18-20H2,1H3. The Morgan fingerprint density at radius 3 is 2.63 bits per heavy atom. The highest BCUT2D eigenvalue weighted by Crippen LogP contribution is 2.38. The van der Waals surface area contributed by atoms with E-state index in [-0.39, 0.29) is 0 Å². The van der Waals surface area contributed by atoms with Gasteiger partial charge in [0.2, 0.25) is 16.8 Å². The maximum atomic E-state index is 12.8. The zero-order valence-corrected chi connectivity index (χ0v) is 20.9. The zero-order chi connectivity index (χ0) is 24.3. The summed E-state index contributed by atoms with van der Waals surface area (Å²) in [6.45, 7) is 2.38. The van der Waals surface area contributed by atoms with Crippen LogP contribution in [0.1, 0.15) is 41.0 Å². The molecule has 7 heteroatoms. The van der Waals surface area contributed by atoms with Gasteiger partial charge < -0.3 is 14.8 Å². The fourth-order valence-corrected chi connectivity index (χ4v) is 6.02. The summed E-state index contributed by atoms with van der Waals surface area (Å²) in [4.78, 5) is 0. The van der Waals surface area contributed by atoms with Crippen LogP contribution in [-0.2, 0) is 29.4 Å². The predicted molar refractivity (Wildman–Crippen MR) is 139 cm³/mol. The van der Waals surface area contributed by atoms with Crippen LogP contribution in [0.2, 0.25) is 0 Å². The molecule has 1 aliphatic heterocycles. The van der Waals surface area contributed by atoms with E-state index in [0.29, 0.717) is 19.3 Å². The first kappa shape index (κ1) is 23.7. The molecule has 1 atom stereocenters. The number of nitrogens with zero attached hydrogens (tertiary/aromatic N) is 1. The molecule has 184 valence electrons. The highest BCUT2D eigenvalue weighted by atomic mass is 32.2. The van der Waals surface area contributed by atoms with Gasteiger partial charge in [0.15, 0.2) is 11.5 Å². The fraction of sp³-hybridized carbons (Fsp3) is 0.357. The molecule has 1 unspecified atom stereocenters. The molecule has 35 heavy (non-hydrogen) atoms. The van der Waals surface area contributed by atoms with Crippen molar-refractivity contribution in [2.24, 2.45) is 0 Å². The number of nitrogens with one attached hydrogen (secondary N) is 1. The number of fused-ring (bicyclic) bond motifs is 2. The minimum atomic E-state index is -3.42. The van der Waals surface area contributed by atoms with Gasteiger partial charge in [-0.3, -0.25) is 4.31 Å². The lowest BCUT2D eigenvalue weighted by Gasteiger charge is -2.32. The van der Waals surface area contributed by atoms with E-state index in [4.69, 9.17) is 9.47 Å². The summed E-state index contributed by atoms with van der Waals surface area (Å²) in [5.41, 5.74) is 5.46. The van der Waals surface area contributed by atoms with E-state index in [2.05, 4.69) is 23.5 Å². The van der Waals surface area contributed by atoms with Crippen LogP contribution >= 0.6 is 0 Å². The Morgan fingerprint density at radius 2 is 1.80 bits per heavy atom. The summed E-state index contributed by atoms with van der Waals surface area (Å²) in [5, 5.41) is 3.63. The van der Waals surface area contributed by atoms with Gasteiger partial charge in [-0.05, 0) is 78.6 Å². The van der Waals surface area contributed by atoms with Crippen molar-refractivity contribution in [2.75, 3.05) is 30.4 Å². The number of ether oxygens (including phenoxy) is 2. The van der Waals surface area contributed by atoms with Gasteiger partial charge in [-0.2, -0.15) is 0 Å². The molecule has 0 amide bonds. The highest BCUT2D eigenvalue weighted by molar-refractivity contribution is 7.92. The number of hydrogen-bond donors (Lipinski definition) is 1. The van der Waals surface area contributed by atoms with E-state index in [1.165, 1.54) is 22.9 Å². The highest BCUT2D eigenvalue weighted by Gasteiger charge is 2.27. The third-order valence-electron chi connectivity index (χ3n) is 6.86. The third-order valence-corrected chi connectivity index (χ3v) is 7.99. The number of rotatable bonds is 9. The molecule has 0 saturated carbocycles. The second-order valence-corrected chi connectivity index (χ2v) is 11.2. The summed E-state index contributed by atoms with van der Waals surface area (Å²) >= 11 is 0. The molecule has 1 heterocycles. The normalized spacial score (nSPS) is 16.7. The van der Waals surface area contributed by atoms with Gasteiger partial charge in [0, 0.05) is 6.54 Å². The third kappa shape index (κ3) is 5.46. The minimum Gasteiger partial charge on any atom is -0.454 e. The van der Waals surface area contributed by atoms with Crippen molar-refractivity contribution in [1.29, 1.82) is 0 Å². The first-order valence-corrected chi connectivity index (χ1v) is 14.1. The molecule has 3 aromatic rings. The van der Waals surface area contributed by atoms with Crippen LogP contribution in [-0.4, -0.2) is 34.6 Å². The Labute approximate surface area is 207 Å². The largest absolute Gasteiger partial charge is 0.454 e. The molecular formula is C28H32N2O4S. The smallest absolute Gasteiger partial charge is 0.232 e. The lowest BCUT2D eigenvalue weighted by Crippen LogP contribution is -2.32. The Balaban J connectivity index is 1.28. The number of hydrogen-bond acceptors (Lipinski definition) is 5. The van der Waals surface area contributed by atoms with E-state index >= 15 is 0 Å². The van der Waals surface area contributed by atoms with Crippen molar-refractivity contribution in [2.45, 2.75) is 38.1 Å². The fourth-order valence-electron chi connectivity index (χ4n) is 5.11. The van der Waals surface area contributed by atoms with Gasteiger partial charge in [0.25, 0.3) is 0 Å². The molecule has 6 nitrogen and oxygen atoms in total. The molecule has 0 fully saturated rings. The van der Waals surface area contributed by atoms with Gasteiger partial charge >= 0.3 is 0 Å². The average Bonchev–Trinajstić information content (AvgIpc) is 3.33. The quantitative estimate of drug-likeness (QED) is 0.441. The topological polar surface area (TPSA) is 67.9 Å². The SMILES string of the molecule is CS(=O)(=O)N(Cc1ccccc1)c1cccc2c1CCCC2CNCCc1ccc2c(c1)OCO2. The van der Waals surface area contributed by atoms with Crippen molar-refractivity contribution in [3.05, 3.63) is 89.0 Å². The summed E-state index contributed by atoms with van der Waals surface area (Å²) in [7, 11) is -3.42. The van der Waals surface area contributed by atoms with Crippen LogP contribution in [0.4, 0.5) is 5.69 Å². The first-order chi connectivity index (χ1) is 17.0. The molecule has 0 radical (unpaired) electrons. The monoisotopic (exact) mass is 492 g/mol. The molecule has 1 aliphatic carbocycles. The van der Waals surface area contributed by atoms with Gasteiger partial charge in [-0.25, -0.2) is 8.42 Å². The predicted octanol–water partition coefficient (Wildman–Crippen LogP) is 4.63. The summed E-state index contributed by atoms with van der Waals surface area (Å²) in [6, 6.07) is 22.0. The molecule has 1 N–H and O–H groups in total. The average molecular weight is 493 g/mol. The Bertz CT molecular complexity index is 1280. The lowest BCUT2D eigenvalue weighted by molar-refractivity contribution is 0.174. The van der Waals surface area contributed by atoms with Crippen molar-refractivity contribution in [3.63, 3.8) is 0 Å². The number of sulfonamides is 1. The van der Waals surface area contributed by atoms with E-state index in [1.54, 1.807) is 4.31 Å². The van der Waals surface area contributed by atoms with Gasteiger partial charge in [-0.15, -0.1) is 0 Å². The van der Waals surface area contributed by atoms with Crippen LogP contribution in [0, 0.1) is 0 Å². The minimum absolute atomic E-state index is 0.294. The van der Waals surface area contributed by atoms with E-state index in [1.807, 2.05) is 48.5 Å². The molecule has 0 saturated heterocycles. The van der Waals surface area contributed by atoms with Gasteiger partial charge in [0.1, 0.15) is 0 Å². The molecule has 0 aromatic heterocycles. The number of benzene rings is 3. The maximum absolute atomic E-state index is 12.8. The molecule has 3 aromatic carbocycles. The maximum Gasteiger partial charge on any atom is 0.232 e. The van der Waals surface area contributed by atoms with Crippen LogP contribution in [0.5, 0.6) is 11.5 Å². The number of anilines is 1. The Hall–Kier alpha value is -3.03. The summed E-state index contributed by atoms with van der Waals surface area (Å²) in [6.07, 6.45) is 5.27. The molecule has 0 spiro atoms. The second kappa shape index (κ2) is 10.3. The molecule has 2 aliphatic rings. The van der Waals surface area contributed by atoms with Crippen molar-refractivity contribution < 1.29 is 17.9 Å². The molecule has 5 rings (SSSR count). The first-order valence-electron chi connectivity index (χ1n) is 12.2. The zero-order valence-electron chi connectivity index (χ0n) is 20.1. The van der Waals surface area contributed by atoms with Crippen LogP contribution in [0.15, 0.2) is 66.7 Å². The van der Waals surface area contributed by atoms with Crippen molar-refractivity contribution in [1.82, 2.24) is 5.32 Å². The van der Waals surface area contributed by atoms with E-state index < -0.39 is 10.0 Å². The van der Waals surface area contributed by atoms with E-state index in [9.17, 15) is 8.42 Å². The summed E-state index contributed by atoms with van der Waals surface area (Å²) in [5.74, 6) is 2.00.